The minimum Gasteiger partial charge on any atom is -0.493 e. The van der Waals surface area contributed by atoms with Gasteiger partial charge in [0.2, 0.25) is 17.7 Å². The molecule has 438 valence electrons. The third-order valence-electron chi connectivity index (χ3n) is 17.1. The molecule has 0 spiro atoms. The number of carbonyl (C=O) groups excluding carboxylic acids is 5. The van der Waals surface area contributed by atoms with E-state index in [1.54, 1.807) is 9.80 Å². The van der Waals surface area contributed by atoms with Crippen molar-refractivity contribution < 1.29 is 38.2 Å². The van der Waals surface area contributed by atoms with Crippen LogP contribution in [0.3, 0.4) is 0 Å². The molecule has 82 heavy (non-hydrogen) atoms. The Morgan fingerprint density at radius 1 is 0.634 bits per heavy atom. The molecule has 12 heteroatoms. The molecule has 3 saturated heterocycles. The number of unbranched alkanes of at least 4 members (excludes halogenated alkanes) is 15. The number of rotatable bonds is 29. The number of fused-ring (bicyclic) bond motifs is 4. The average molecular weight is 1120 g/mol. The molecular weight excluding hydrogens is 1020 g/mol. The highest BCUT2D eigenvalue weighted by molar-refractivity contribution is 5.97. The Hall–Kier alpha value is -6.95. The lowest BCUT2D eigenvalue weighted by atomic mass is 9.98. The van der Waals surface area contributed by atoms with E-state index in [4.69, 9.17) is 14.2 Å². The molecule has 5 aromatic rings. The zero-order valence-electron chi connectivity index (χ0n) is 49.2. The van der Waals surface area contributed by atoms with Crippen molar-refractivity contribution in [2.75, 3.05) is 26.3 Å². The lowest BCUT2D eigenvalue weighted by Gasteiger charge is -2.34. The molecule has 9 rings (SSSR count). The summed E-state index contributed by atoms with van der Waals surface area (Å²) in [5.41, 5.74) is 9.50. The highest BCUT2D eigenvalue weighted by Gasteiger charge is 2.43. The van der Waals surface area contributed by atoms with Gasteiger partial charge in [0.05, 0.1) is 6.61 Å². The molecule has 12 nitrogen and oxygen atoms in total. The van der Waals surface area contributed by atoms with Crippen LogP contribution in [0.5, 0.6) is 5.75 Å². The van der Waals surface area contributed by atoms with Crippen LogP contribution in [-0.2, 0) is 48.1 Å². The standard InChI is InChI=1S/C56H74N2O6.C14H16N2O2/c1-4-5-6-7-8-9-10-11-12-13-14-15-16-17-18-26-36-62-53-39-45(37-42(2)43(53)3)40-63-55(60)52-34-27-35-58(52)54(59)51(38-44-28-20-19-21-29-44)57-56(61)64-41-50-48-32-24-22-30-46(48)47-31-23-25-33-49(47)50;17-13-12-7-4-8-16(12)14(18)11(15-13)9-10-5-2-1-3-6-10/h19-25,28-33,37,39,50-52H,4-18,26-27,34-36,38,40-41H2,1-3H3,(H,57,61);1-3,5-6,11-12H,4,7-9H2,(H,15,17). The van der Waals surface area contributed by atoms with Gasteiger partial charge in [-0.25, -0.2) is 9.59 Å². The van der Waals surface area contributed by atoms with Crippen LogP contribution in [0.2, 0.25) is 0 Å². The van der Waals surface area contributed by atoms with Crippen molar-refractivity contribution in [1.82, 2.24) is 20.4 Å². The topological polar surface area (TPSA) is 144 Å². The van der Waals surface area contributed by atoms with Crippen molar-refractivity contribution in [3.63, 3.8) is 0 Å². The normalized spacial score (nSPS) is 17.5. The smallest absolute Gasteiger partial charge is 0.407 e. The first-order valence-corrected chi connectivity index (χ1v) is 31.1. The van der Waals surface area contributed by atoms with E-state index in [0.717, 1.165) is 88.0 Å². The molecule has 3 fully saturated rings. The fraction of sp³-hybridized carbons (Fsp3) is 0.500. The van der Waals surface area contributed by atoms with E-state index in [1.165, 1.54) is 89.9 Å². The summed E-state index contributed by atoms with van der Waals surface area (Å²) in [7, 11) is 0. The Labute approximate surface area is 488 Å². The zero-order chi connectivity index (χ0) is 57.5. The highest BCUT2D eigenvalue weighted by atomic mass is 16.5. The molecule has 4 aliphatic rings. The van der Waals surface area contributed by atoms with E-state index < -0.39 is 30.2 Å². The monoisotopic (exact) mass is 1110 g/mol. The summed E-state index contributed by atoms with van der Waals surface area (Å²) in [5.74, 6) is 0.0246. The Kier molecular flexibility index (Phi) is 23.9. The zero-order valence-corrected chi connectivity index (χ0v) is 49.2. The second kappa shape index (κ2) is 32.0. The minimum atomic E-state index is -0.930. The summed E-state index contributed by atoms with van der Waals surface area (Å²) < 4.78 is 18.1. The van der Waals surface area contributed by atoms with Gasteiger partial charge in [0.1, 0.15) is 43.1 Å². The first-order valence-electron chi connectivity index (χ1n) is 31.1. The highest BCUT2D eigenvalue weighted by Crippen LogP contribution is 2.44. The maximum atomic E-state index is 14.3. The van der Waals surface area contributed by atoms with Gasteiger partial charge in [0, 0.05) is 31.8 Å². The molecule has 4 amide bonds. The fourth-order valence-corrected chi connectivity index (χ4v) is 12.3. The van der Waals surface area contributed by atoms with Crippen LogP contribution in [0.25, 0.3) is 11.1 Å². The van der Waals surface area contributed by atoms with Crippen LogP contribution in [0.15, 0.2) is 121 Å². The van der Waals surface area contributed by atoms with Gasteiger partial charge >= 0.3 is 12.1 Å². The lowest BCUT2D eigenvalue weighted by molar-refractivity contribution is -0.155. The number of aryl methyl sites for hydroxylation is 1. The van der Waals surface area contributed by atoms with Crippen LogP contribution in [0.4, 0.5) is 4.79 Å². The van der Waals surface area contributed by atoms with Gasteiger partial charge < -0.3 is 34.6 Å². The van der Waals surface area contributed by atoms with Crippen molar-refractivity contribution >= 4 is 29.8 Å². The fourth-order valence-electron chi connectivity index (χ4n) is 12.3. The molecule has 3 aliphatic heterocycles. The van der Waals surface area contributed by atoms with E-state index in [0.29, 0.717) is 32.4 Å². The maximum absolute atomic E-state index is 14.3. The molecule has 3 heterocycles. The number of esters is 1. The average Bonchev–Trinajstić information content (AvgIpc) is 4.28. The summed E-state index contributed by atoms with van der Waals surface area (Å²) in [6.07, 6.45) is 24.4. The number of carbonyl (C=O) groups is 5. The van der Waals surface area contributed by atoms with Gasteiger partial charge in [0.15, 0.2) is 0 Å². The summed E-state index contributed by atoms with van der Waals surface area (Å²) in [4.78, 5) is 69.0. The second-order valence-electron chi connectivity index (χ2n) is 23.1. The van der Waals surface area contributed by atoms with Gasteiger partial charge in [-0.15, -0.1) is 0 Å². The third kappa shape index (κ3) is 17.3. The number of nitrogens with zero attached hydrogens (tertiary/aromatic N) is 2. The van der Waals surface area contributed by atoms with Gasteiger partial charge in [0.25, 0.3) is 0 Å². The van der Waals surface area contributed by atoms with Gasteiger partial charge in [-0.3, -0.25) is 14.4 Å². The van der Waals surface area contributed by atoms with Gasteiger partial charge in [-0.1, -0.05) is 218 Å². The molecule has 4 atom stereocenters. The summed E-state index contributed by atoms with van der Waals surface area (Å²) in [6, 6.07) is 37.5. The maximum Gasteiger partial charge on any atom is 0.407 e. The number of alkyl carbamates (subject to hydrolysis) is 1. The Balaban J connectivity index is 0.000000410. The van der Waals surface area contributed by atoms with Gasteiger partial charge in [-0.2, -0.15) is 0 Å². The lowest BCUT2D eigenvalue weighted by Crippen LogP contribution is -2.61. The van der Waals surface area contributed by atoms with Crippen LogP contribution in [0, 0.1) is 13.8 Å². The van der Waals surface area contributed by atoms with Crippen LogP contribution in [-0.4, -0.2) is 90.1 Å². The Bertz CT molecular complexity index is 2790. The molecular formula is C70H90N4O8. The summed E-state index contributed by atoms with van der Waals surface area (Å²) >= 11 is 0. The van der Waals surface area contributed by atoms with Crippen LogP contribution < -0.4 is 15.4 Å². The molecule has 0 radical (unpaired) electrons. The van der Waals surface area contributed by atoms with Crippen molar-refractivity contribution in [3.05, 3.63) is 160 Å². The first kappa shape index (κ1) is 61.1. The van der Waals surface area contributed by atoms with E-state index in [2.05, 4.69) is 55.7 Å². The predicted octanol–water partition coefficient (Wildman–Crippen LogP) is 13.8. The Morgan fingerprint density at radius 3 is 1.82 bits per heavy atom. The van der Waals surface area contributed by atoms with Crippen molar-refractivity contribution in [3.8, 4) is 16.9 Å². The molecule has 0 aromatic heterocycles. The molecule has 2 N–H and O–H groups in total. The second-order valence-corrected chi connectivity index (χ2v) is 23.1. The largest absolute Gasteiger partial charge is 0.493 e. The summed E-state index contributed by atoms with van der Waals surface area (Å²) in [6.45, 7) is 8.40. The van der Waals surface area contributed by atoms with Crippen LogP contribution >= 0.6 is 0 Å². The quantitative estimate of drug-likeness (QED) is 0.0356. The number of hydrogen-bond acceptors (Lipinski definition) is 8. The van der Waals surface area contributed by atoms with E-state index in [-0.39, 0.29) is 49.3 Å². The number of piperazine rings is 1. The third-order valence-corrected chi connectivity index (χ3v) is 17.1. The predicted molar refractivity (Wildman–Crippen MR) is 324 cm³/mol. The Morgan fingerprint density at radius 2 is 1.20 bits per heavy atom. The molecule has 0 bridgehead atoms. The van der Waals surface area contributed by atoms with Crippen LogP contribution in [0.1, 0.15) is 180 Å². The minimum absolute atomic E-state index is 0.00744. The number of amides is 4. The SMILES string of the molecule is CCCCCCCCCCCCCCCCCCOc1cc(COC(=O)C2CCCN2C(=O)C(Cc2ccccc2)NC(=O)OCC2c3ccccc3-c3ccccc32)cc(C)c1C.O=C1NC(Cc2ccccc2)C(=O)N2CCCC12. The van der Waals surface area contributed by atoms with E-state index >= 15 is 0 Å². The van der Waals surface area contributed by atoms with Crippen molar-refractivity contribution in [2.24, 2.45) is 0 Å². The van der Waals surface area contributed by atoms with Gasteiger partial charge in [-0.05, 0) is 102 Å². The molecule has 4 unspecified atom stereocenters. The molecule has 5 aromatic carbocycles. The first-order chi connectivity index (χ1) is 40.1. The molecule has 1 aliphatic carbocycles. The van der Waals surface area contributed by atoms with E-state index in [9.17, 15) is 24.0 Å². The van der Waals surface area contributed by atoms with Crippen molar-refractivity contribution in [2.45, 2.75) is 199 Å². The number of hydrogen-bond donors (Lipinski definition) is 2. The van der Waals surface area contributed by atoms with E-state index in [1.807, 2.05) is 97.1 Å². The number of nitrogens with one attached hydrogen (secondary N) is 2. The van der Waals surface area contributed by atoms with Crippen molar-refractivity contribution in [1.29, 1.82) is 0 Å². The molecule has 0 saturated carbocycles. The number of likely N-dealkylation sites (tertiary alicyclic amines) is 1. The number of ether oxygens (including phenoxy) is 3. The number of benzene rings is 5. The summed E-state index contributed by atoms with van der Waals surface area (Å²) in [5, 5.41) is 5.74.